The predicted octanol–water partition coefficient (Wildman–Crippen LogP) is 5.19. The Labute approximate surface area is 128 Å². The molecule has 0 fully saturated rings. The van der Waals surface area contributed by atoms with Crippen molar-refractivity contribution < 1.29 is 9.53 Å². The lowest BCUT2D eigenvalue weighted by Gasteiger charge is -2.08. The van der Waals surface area contributed by atoms with Crippen LogP contribution in [0.1, 0.15) is 17.3 Å². The zero-order chi connectivity index (χ0) is 14.5. The molecule has 0 saturated heterocycles. The van der Waals surface area contributed by atoms with E-state index >= 15 is 0 Å². The molecule has 0 bridgehead atoms. The van der Waals surface area contributed by atoms with Crippen LogP contribution in [-0.4, -0.2) is 11.7 Å². The van der Waals surface area contributed by atoms with Crippen LogP contribution in [0.15, 0.2) is 48.5 Å². The summed E-state index contributed by atoms with van der Waals surface area (Å²) in [6.45, 7) is 1.81. The van der Waals surface area contributed by atoms with Crippen molar-refractivity contribution >= 4 is 29.0 Å². The van der Waals surface area contributed by atoms with Gasteiger partial charge < -0.3 is 4.74 Å². The van der Waals surface area contributed by atoms with Crippen molar-refractivity contribution in [2.75, 3.05) is 5.88 Å². The van der Waals surface area contributed by atoms with E-state index < -0.39 is 0 Å². The fraction of sp³-hybridized carbons (Fsp3) is 0.188. The first-order chi connectivity index (χ1) is 9.60. The summed E-state index contributed by atoms with van der Waals surface area (Å²) >= 11 is 11.5. The van der Waals surface area contributed by atoms with E-state index in [1.54, 1.807) is 48.5 Å². The molecule has 2 aromatic carbocycles. The van der Waals surface area contributed by atoms with E-state index in [1.807, 2.05) is 6.92 Å². The summed E-state index contributed by atoms with van der Waals surface area (Å²) in [5.74, 6) is 1.55. The summed E-state index contributed by atoms with van der Waals surface area (Å²) in [6, 6.07) is 14.1. The zero-order valence-electron chi connectivity index (χ0n) is 11.0. The third kappa shape index (κ3) is 3.75. The summed E-state index contributed by atoms with van der Waals surface area (Å²) in [7, 11) is 0. The lowest BCUT2D eigenvalue weighted by molar-refractivity contribution is 0.0941. The van der Waals surface area contributed by atoms with E-state index in [-0.39, 0.29) is 11.7 Å². The molecule has 0 aliphatic carbocycles. The molecule has 0 amide bonds. The molecule has 104 valence electrons. The molecule has 0 aliphatic heterocycles. The molecule has 0 aliphatic rings. The third-order valence-electron chi connectivity index (χ3n) is 2.87. The van der Waals surface area contributed by atoms with Gasteiger partial charge in [0.05, 0.1) is 0 Å². The fourth-order valence-electron chi connectivity index (χ4n) is 1.68. The lowest BCUT2D eigenvalue weighted by atomic mass is 10.0. The smallest absolute Gasteiger partial charge is 0.166 e. The zero-order valence-corrected chi connectivity index (χ0v) is 12.5. The highest BCUT2D eigenvalue weighted by molar-refractivity contribution is 6.30. The lowest BCUT2D eigenvalue weighted by Crippen LogP contribution is -2.12. The Bertz CT molecular complexity index is 576. The summed E-state index contributed by atoms with van der Waals surface area (Å²) in [5, 5.41) is 0.661. The van der Waals surface area contributed by atoms with Gasteiger partial charge in [-0.3, -0.25) is 4.79 Å². The maximum absolute atomic E-state index is 11.9. The minimum atomic E-state index is -0.181. The van der Waals surface area contributed by atoms with Crippen LogP contribution in [0.5, 0.6) is 11.5 Å². The van der Waals surface area contributed by atoms with Crippen LogP contribution in [0.4, 0.5) is 0 Å². The number of carbonyl (C=O) groups excluding carboxylic acids is 1. The quantitative estimate of drug-likeness (QED) is 0.561. The minimum absolute atomic E-state index is 0.0399. The van der Waals surface area contributed by atoms with Crippen molar-refractivity contribution in [3.05, 3.63) is 59.1 Å². The number of ketones is 1. The molecule has 0 aromatic heterocycles. The van der Waals surface area contributed by atoms with Gasteiger partial charge >= 0.3 is 0 Å². The number of benzene rings is 2. The van der Waals surface area contributed by atoms with Crippen LogP contribution < -0.4 is 4.74 Å². The van der Waals surface area contributed by atoms with Crippen LogP contribution >= 0.6 is 23.2 Å². The summed E-state index contributed by atoms with van der Waals surface area (Å²) < 4.78 is 5.66. The molecule has 0 spiro atoms. The van der Waals surface area contributed by atoms with E-state index in [9.17, 15) is 4.79 Å². The van der Waals surface area contributed by atoms with Crippen LogP contribution in [-0.2, 0) is 0 Å². The first kappa shape index (κ1) is 14.9. The number of Topliss-reactive ketones (excluding diaryl/α,β-unsaturated/α-hetero) is 1. The van der Waals surface area contributed by atoms with Gasteiger partial charge in [0.15, 0.2) is 5.78 Å². The van der Waals surface area contributed by atoms with Gasteiger partial charge in [0.2, 0.25) is 0 Å². The molecule has 1 unspecified atom stereocenters. The molecular formula is C16H14Cl2O2. The second-order valence-corrected chi connectivity index (χ2v) is 5.25. The topological polar surface area (TPSA) is 26.3 Å². The molecule has 0 radical (unpaired) electrons. The van der Waals surface area contributed by atoms with E-state index in [0.717, 1.165) is 0 Å². The highest BCUT2D eigenvalue weighted by atomic mass is 35.5. The van der Waals surface area contributed by atoms with Gasteiger partial charge in [-0.2, -0.15) is 0 Å². The predicted molar refractivity (Wildman–Crippen MR) is 82.2 cm³/mol. The average Bonchev–Trinajstić information content (AvgIpc) is 2.49. The maximum atomic E-state index is 11.9. The van der Waals surface area contributed by atoms with Gasteiger partial charge in [-0.25, -0.2) is 0 Å². The van der Waals surface area contributed by atoms with Gasteiger partial charge in [0.25, 0.3) is 0 Å². The van der Waals surface area contributed by atoms with Crippen LogP contribution in [0, 0.1) is 5.92 Å². The molecule has 20 heavy (non-hydrogen) atoms. The molecule has 2 rings (SSSR count). The molecular weight excluding hydrogens is 295 g/mol. The number of carbonyl (C=O) groups is 1. The number of hydrogen-bond acceptors (Lipinski definition) is 2. The molecule has 0 saturated carbocycles. The van der Waals surface area contributed by atoms with Gasteiger partial charge in [0.1, 0.15) is 11.5 Å². The Balaban J connectivity index is 2.08. The van der Waals surface area contributed by atoms with Crippen LogP contribution in [0.2, 0.25) is 5.02 Å². The summed E-state index contributed by atoms with van der Waals surface area (Å²) in [5.41, 5.74) is 0.640. The van der Waals surface area contributed by atoms with Crippen molar-refractivity contribution in [1.29, 1.82) is 0 Å². The van der Waals surface area contributed by atoms with Crippen LogP contribution in [0.3, 0.4) is 0 Å². The largest absolute Gasteiger partial charge is 0.457 e. The Morgan fingerprint density at radius 3 is 2.05 bits per heavy atom. The minimum Gasteiger partial charge on any atom is -0.457 e. The van der Waals surface area contributed by atoms with E-state index in [2.05, 4.69) is 0 Å². The average molecular weight is 309 g/mol. The number of hydrogen-bond donors (Lipinski definition) is 0. The summed E-state index contributed by atoms with van der Waals surface area (Å²) in [6.07, 6.45) is 0. The molecule has 1 atom stereocenters. The Hall–Kier alpha value is -1.51. The third-order valence-corrected chi connectivity index (χ3v) is 3.58. The molecule has 2 aromatic rings. The number of halogens is 2. The van der Waals surface area contributed by atoms with E-state index in [4.69, 9.17) is 27.9 Å². The van der Waals surface area contributed by atoms with Crippen molar-refractivity contribution in [3.63, 3.8) is 0 Å². The monoisotopic (exact) mass is 308 g/mol. The second-order valence-electron chi connectivity index (χ2n) is 4.50. The second kappa shape index (κ2) is 6.78. The van der Waals surface area contributed by atoms with E-state index in [1.165, 1.54) is 0 Å². The Morgan fingerprint density at radius 1 is 1.05 bits per heavy atom. The normalized spacial score (nSPS) is 11.9. The molecule has 4 heteroatoms. The van der Waals surface area contributed by atoms with Crippen LogP contribution in [0.25, 0.3) is 0 Å². The van der Waals surface area contributed by atoms with Crippen molar-refractivity contribution in [2.24, 2.45) is 5.92 Å². The Morgan fingerprint density at radius 2 is 1.55 bits per heavy atom. The SMILES string of the molecule is CC(CCl)C(=O)c1ccc(Oc2ccc(Cl)cc2)cc1. The standard InChI is InChI=1S/C16H14Cl2O2/c1-11(10-17)16(19)12-2-6-14(7-3-12)20-15-8-4-13(18)5-9-15/h2-9,11H,10H2,1H3. The summed E-state index contributed by atoms with van der Waals surface area (Å²) in [4.78, 5) is 11.9. The van der Waals surface area contributed by atoms with Crippen molar-refractivity contribution in [2.45, 2.75) is 6.92 Å². The number of rotatable bonds is 5. The maximum Gasteiger partial charge on any atom is 0.166 e. The van der Waals surface area contributed by atoms with E-state index in [0.29, 0.717) is 28.0 Å². The highest BCUT2D eigenvalue weighted by Gasteiger charge is 2.13. The first-order valence-corrected chi connectivity index (χ1v) is 7.15. The van der Waals surface area contributed by atoms with Crippen molar-refractivity contribution in [3.8, 4) is 11.5 Å². The van der Waals surface area contributed by atoms with Gasteiger partial charge in [-0.05, 0) is 48.5 Å². The molecule has 0 N–H and O–H groups in total. The first-order valence-electron chi connectivity index (χ1n) is 6.24. The van der Waals surface area contributed by atoms with Crippen molar-refractivity contribution in [1.82, 2.24) is 0 Å². The fourth-order valence-corrected chi connectivity index (χ4v) is 1.95. The van der Waals surface area contributed by atoms with Gasteiger partial charge in [0, 0.05) is 22.4 Å². The number of ether oxygens (including phenoxy) is 1. The number of alkyl halides is 1. The Kier molecular flexibility index (Phi) is 5.05. The highest BCUT2D eigenvalue weighted by Crippen LogP contribution is 2.24. The molecule has 2 nitrogen and oxygen atoms in total. The van der Waals surface area contributed by atoms with Gasteiger partial charge in [-0.15, -0.1) is 11.6 Å². The van der Waals surface area contributed by atoms with Gasteiger partial charge in [-0.1, -0.05) is 18.5 Å². The molecule has 0 heterocycles.